The molecule has 1 N–H and O–H groups in total. The summed E-state index contributed by atoms with van der Waals surface area (Å²) in [5.41, 5.74) is 0.734. The Hall–Kier alpha value is -1.49. The van der Waals surface area contributed by atoms with E-state index in [9.17, 15) is 13.6 Å². The van der Waals surface area contributed by atoms with Crippen molar-refractivity contribution in [2.75, 3.05) is 27.2 Å². The number of alkyl halides is 2. The van der Waals surface area contributed by atoms with E-state index >= 15 is 0 Å². The van der Waals surface area contributed by atoms with Crippen LogP contribution in [-0.2, 0) is 0 Å². The van der Waals surface area contributed by atoms with E-state index in [2.05, 4.69) is 5.32 Å². The third kappa shape index (κ3) is 5.79. The van der Waals surface area contributed by atoms with Gasteiger partial charge in [0.25, 0.3) is 11.8 Å². The number of carbonyl (C=O) groups is 1. The standard InChI is InChI=1S/C9H11NO.C5H9F2N/c1-10(2)9(11)8-6-4-3-5-7-8;6-5(7)2-1-3-8-4-5/h3-7H,1-2H3;8H,1-4H2. The summed E-state index contributed by atoms with van der Waals surface area (Å²) in [5, 5.41) is 2.62. The Morgan fingerprint density at radius 1 is 1.26 bits per heavy atom. The van der Waals surface area contributed by atoms with Crippen molar-refractivity contribution >= 4 is 5.91 Å². The second-order valence-electron chi connectivity index (χ2n) is 4.70. The Bertz CT molecular complexity index is 386. The van der Waals surface area contributed by atoms with Gasteiger partial charge in [-0.3, -0.25) is 4.79 Å². The van der Waals surface area contributed by atoms with Crippen LogP contribution in [0.3, 0.4) is 0 Å². The van der Waals surface area contributed by atoms with Crippen LogP contribution in [-0.4, -0.2) is 43.9 Å². The number of nitrogens with one attached hydrogen (secondary N) is 1. The van der Waals surface area contributed by atoms with E-state index in [1.54, 1.807) is 19.0 Å². The molecule has 106 valence electrons. The number of hydrogen-bond acceptors (Lipinski definition) is 2. The first-order valence-corrected chi connectivity index (χ1v) is 6.28. The van der Waals surface area contributed by atoms with Gasteiger partial charge in [0.05, 0.1) is 6.54 Å². The summed E-state index contributed by atoms with van der Waals surface area (Å²) in [7, 11) is 3.49. The maximum absolute atomic E-state index is 12.1. The van der Waals surface area contributed by atoms with Crippen LogP contribution in [0.5, 0.6) is 0 Å². The van der Waals surface area contributed by atoms with Crippen molar-refractivity contribution in [3.8, 4) is 0 Å². The number of halogens is 2. The van der Waals surface area contributed by atoms with Crippen LogP contribution in [0.2, 0.25) is 0 Å². The van der Waals surface area contributed by atoms with Gasteiger partial charge in [-0.25, -0.2) is 8.78 Å². The zero-order valence-corrected chi connectivity index (χ0v) is 11.3. The van der Waals surface area contributed by atoms with Gasteiger partial charge < -0.3 is 10.2 Å². The molecule has 0 atom stereocenters. The predicted molar refractivity (Wildman–Crippen MR) is 71.5 cm³/mol. The molecule has 5 heteroatoms. The summed E-state index contributed by atoms with van der Waals surface area (Å²) in [6.07, 6.45) is 0.660. The molecular formula is C14H20F2N2O. The van der Waals surface area contributed by atoms with Crippen LogP contribution in [0.1, 0.15) is 23.2 Å². The van der Waals surface area contributed by atoms with Gasteiger partial charge in [0, 0.05) is 26.1 Å². The van der Waals surface area contributed by atoms with Crippen LogP contribution in [0.15, 0.2) is 30.3 Å². The van der Waals surface area contributed by atoms with Gasteiger partial charge in [-0.05, 0) is 25.1 Å². The van der Waals surface area contributed by atoms with Gasteiger partial charge in [-0.2, -0.15) is 0 Å². The zero-order valence-electron chi connectivity index (χ0n) is 11.3. The van der Waals surface area contributed by atoms with Crippen LogP contribution in [0.4, 0.5) is 8.78 Å². The molecule has 1 heterocycles. The molecule has 1 amide bonds. The number of nitrogens with zero attached hydrogens (tertiary/aromatic N) is 1. The fraction of sp³-hybridized carbons (Fsp3) is 0.500. The van der Waals surface area contributed by atoms with Crippen LogP contribution in [0.25, 0.3) is 0 Å². The second kappa shape index (κ2) is 7.19. The average Bonchev–Trinajstić information content (AvgIpc) is 2.39. The first kappa shape index (κ1) is 15.6. The first-order chi connectivity index (χ1) is 8.92. The minimum atomic E-state index is -2.43. The van der Waals surface area contributed by atoms with Crippen LogP contribution in [0, 0.1) is 0 Å². The lowest BCUT2D eigenvalue weighted by atomic mass is 10.1. The number of hydrogen-bond donors (Lipinski definition) is 1. The summed E-state index contributed by atoms with van der Waals surface area (Å²) in [6, 6.07) is 9.23. The van der Waals surface area contributed by atoms with Gasteiger partial charge in [0.15, 0.2) is 0 Å². The maximum Gasteiger partial charge on any atom is 0.260 e. The topological polar surface area (TPSA) is 32.3 Å². The largest absolute Gasteiger partial charge is 0.345 e. The van der Waals surface area contributed by atoms with Crippen LogP contribution < -0.4 is 5.32 Å². The molecule has 1 fully saturated rings. The van der Waals surface area contributed by atoms with Crippen molar-refractivity contribution < 1.29 is 13.6 Å². The summed E-state index contributed by atoms with van der Waals surface area (Å²) >= 11 is 0. The molecule has 1 aromatic carbocycles. The normalized spacial score (nSPS) is 17.1. The number of rotatable bonds is 1. The van der Waals surface area contributed by atoms with Crippen molar-refractivity contribution in [3.63, 3.8) is 0 Å². The van der Waals surface area contributed by atoms with Crippen molar-refractivity contribution in [2.45, 2.75) is 18.8 Å². The molecule has 0 radical (unpaired) electrons. The Balaban J connectivity index is 0.000000200. The number of piperidine rings is 1. The first-order valence-electron chi connectivity index (χ1n) is 6.28. The molecular weight excluding hydrogens is 250 g/mol. The Kier molecular flexibility index (Phi) is 5.89. The Labute approximate surface area is 112 Å². The fourth-order valence-corrected chi connectivity index (χ4v) is 1.67. The molecule has 0 saturated carbocycles. The molecule has 1 aliphatic rings. The average molecular weight is 270 g/mol. The highest BCUT2D eigenvalue weighted by atomic mass is 19.3. The molecule has 0 bridgehead atoms. The molecule has 2 rings (SSSR count). The lowest BCUT2D eigenvalue weighted by Crippen LogP contribution is -2.38. The smallest absolute Gasteiger partial charge is 0.260 e. The minimum absolute atomic E-state index is 0.0469. The fourth-order valence-electron chi connectivity index (χ4n) is 1.67. The van der Waals surface area contributed by atoms with Gasteiger partial charge in [0.1, 0.15) is 0 Å². The van der Waals surface area contributed by atoms with Crippen molar-refractivity contribution in [1.29, 1.82) is 0 Å². The van der Waals surface area contributed by atoms with Crippen LogP contribution >= 0.6 is 0 Å². The van der Waals surface area contributed by atoms with E-state index in [1.807, 2.05) is 30.3 Å². The highest BCUT2D eigenvalue weighted by Gasteiger charge is 2.30. The molecule has 0 spiro atoms. The van der Waals surface area contributed by atoms with Crippen molar-refractivity contribution in [2.24, 2.45) is 0 Å². The monoisotopic (exact) mass is 270 g/mol. The molecule has 0 aliphatic carbocycles. The van der Waals surface area contributed by atoms with Gasteiger partial charge >= 0.3 is 0 Å². The van der Waals surface area contributed by atoms with Gasteiger partial charge in [-0.1, -0.05) is 18.2 Å². The summed E-state index contributed by atoms with van der Waals surface area (Å²) in [5.74, 6) is -2.39. The molecule has 1 aliphatic heterocycles. The van der Waals surface area contributed by atoms with Crippen molar-refractivity contribution in [1.82, 2.24) is 10.2 Å². The molecule has 19 heavy (non-hydrogen) atoms. The zero-order chi connectivity index (χ0) is 14.3. The van der Waals surface area contributed by atoms with Gasteiger partial charge in [0.2, 0.25) is 0 Å². The highest BCUT2D eigenvalue weighted by molar-refractivity contribution is 5.93. The van der Waals surface area contributed by atoms with E-state index in [4.69, 9.17) is 0 Å². The molecule has 3 nitrogen and oxygen atoms in total. The predicted octanol–water partition coefficient (Wildman–Crippen LogP) is 2.39. The van der Waals surface area contributed by atoms with E-state index in [0.29, 0.717) is 6.42 Å². The van der Waals surface area contributed by atoms with E-state index in [-0.39, 0.29) is 18.9 Å². The number of amides is 1. The summed E-state index contributed by atoms with van der Waals surface area (Å²) in [4.78, 5) is 12.8. The number of carbonyl (C=O) groups excluding carboxylic acids is 1. The van der Waals surface area contributed by atoms with Crippen molar-refractivity contribution in [3.05, 3.63) is 35.9 Å². The highest BCUT2D eigenvalue weighted by Crippen LogP contribution is 2.21. The lowest BCUT2D eigenvalue weighted by molar-refractivity contribution is -0.0208. The number of benzene rings is 1. The third-order valence-electron chi connectivity index (χ3n) is 2.71. The third-order valence-corrected chi connectivity index (χ3v) is 2.71. The SMILES string of the molecule is CN(C)C(=O)c1ccccc1.FC1(F)CCCNC1. The van der Waals surface area contributed by atoms with Gasteiger partial charge in [-0.15, -0.1) is 0 Å². The van der Waals surface area contributed by atoms with E-state index in [1.165, 1.54) is 0 Å². The maximum atomic E-state index is 12.1. The van der Waals surface area contributed by atoms with E-state index in [0.717, 1.165) is 12.1 Å². The molecule has 0 unspecified atom stereocenters. The minimum Gasteiger partial charge on any atom is -0.345 e. The summed E-state index contributed by atoms with van der Waals surface area (Å²) in [6.45, 7) is 0.614. The molecule has 1 saturated heterocycles. The quantitative estimate of drug-likeness (QED) is 0.850. The Morgan fingerprint density at radius 2 is 1.89 bits per heavy atom. The summed E-state index contributed by atoms with van der Waals surface area (Å²) < 4.78 is 24.3. The lowest BCUT2D eigenvalue weighted by Gasteiger charge is -2.21. The second-order valence-corrected chi connectivity index (χ2v) is 4.70. The molecule has 0 aromatic heterocycles. The Morgan fingerprint density at radius 3 is 2.26 bits per heavy atom. The van der Waals surface area contributed by atoms with E-state index < -0.39 is 5.92 Å². The molecule has 1 aromatic rings.